The van der Waals surface area contributed by atoms with Crippen LogP contribution in [-0.4, -0.2) is 23.5 Å². The van der Waals surface area contributed by atoms with Crippen LogP contribution in [-0.2, 0) is 14.3 Å². The Labute approximate surface area is 166 Å². The molecule has 0 fully saturated rings. The van der Waals surface area contributed by atoms with Crippen LogP contribution >= 0.6 is 0 Å². The molecule has 0 saturated heterocycles. The molecule has 0 N–H and O–H groups in total. The van der Waals surface area contributed by atoms with Crippen molar-refractivity contribution in [3.05, 3.63) is 34.4 Å². The molecule has 0 radical (unpaired) electrons. The second kappa shape index (κ2) is 14.6. The van der Waals surface area contributed by atoms with Crippen LogP contribution in [0.4, 0.5) is 5.69 Å². The summed E-state index contributed by atoms with van der Waals surface area (Å²) in [4.78, 5) is 33.3. The predicted molar refractivity (Wildman–Crippen MR) is 106 cm³/mol. The molecule has 0 saturated carbocycles. The molecule has 0 amide bonds. The molecule has 0 aliphatic carbocycles. The monoisotopic (exact) mass is 393 g/mol. The molecule has 0 spiro atoms. The van der Waals surface area contributed by atoms with E-state index < -0.39 is 4.92 Å². The number of non-ortho nitro benzene ring substituents is 1. The summed E-state index contributed by atoms with van der Waals surface area (Å²) in [5.74, 6) is -0.123. The third-order valence-corrected chi connectivity index (χ3v) is 4.30. The molecule has 0 heterocycles. The van der Waals surface area contributed by atoms with E-state index in [0.717, 1.165) is 57.8 Å². The van der Waals surface area contributed by atoms with Crippen molar-refractivity contribution in [3.8, 4) is 5.75 Å². The third kappa shape index (κ3) is 11.3. The molecule has 1 rings (SSSR count). The lowest BCUT2D eigenvalue weighted by atomic mass is 10.1. The van der Waals surface area contributed by atoms with E-state index in [0.29, 0.717) is 25.2 Å². The first-order valence-corrected chi connectivity index (χ1v) is 10.1. The Morgan fingerprint density at radius 1 is 0.857 bits per heavy atom. The lowest BCUT2D eigenvalue weighted by molar-refractivity contribution is -0.384. The average molecular weight is 393 g/mol. The second-order valence-electron chi connectivity index (χ2n) is 6.77. The van der Waals surface area contributed by atoms with Crippen molar-refractivity contribution in [2.45, 2.75) is 77.6 Å². The minimum atomic E-state index is -0.498. The maximum atomic E-state index is 11.8. The fraction of sp³-hybridized carbons (Fsp3) is 0.619. The number of hydrogen-bond acceptors (Lipinski definition) is 6. The van der Waals surface area contributed by atoms with Crippen molar-refractivity contribution >= 4 is 17.6 Å². The molecule has 0 atom stereocenters. The highest BCUT2D eigenvalue weighted by molar-refractivity contribution is 5.72. The topological polar surface area (TPSA) is 95.7 Å². The van der Waals surface area contributed by atoms with Crippen LogP contribution in [0.5, 0.6) is 5.75 Å². The van der Waals surface area contributed by atoms with E-state index in [2.05, 4.69) is 6.92 Å². The molecule has 7 nitrogen and oxygen atoms in total. The molecular weight excluding hydrogens is 362 g/mol. The Hall–Kier alpha value is -2.44. The number of ether oxygens (including phenoxy) is 2. The quantitative estimate of drug-likeness (QED) is 0.131. The van der Waals surface area contributed by atoms with Gasteiger partial charge in [0.1, 0.15) is 5.75 Å². The zero-order chi connectivity index (χ0) is 20.6. The fourth-order valence-corrected chi connectivity index (χ4v) is 2.67. The molecular formula is C21H31NO6. The number of rotatable bonds is 15. The molecule has 0 unspecified atom stereocenters. The van der Waals surface area contributed by atoms with Gasteiger partial charge >= 0.3 is 11.9 Å². The first-order valence-electron chi connectivity index (χ1n) is 10.1. The predicted octanol–water partition coefficient (Wildman–Crippen LogP) is 5.35. The minimum Gasteiger partial charge on any atom is -0.466 e. The Bertz CT molecular complexity index is 599. The highest BCUT2D eigenvalue weighted by Crippen LogP contribution is 2.18. The van der Waals surface area contributed by atoms with Crippen molar-refractivity contribution in [2.24, 2.45) is 0 Å². The summed E-state index contributed by atoms with van der Waals surface area (Å²) >= 11 is 0. The van der Waals surface area contributed by atoms with Crippen LogP contribution in [0.2, 0.25) is 0 Å². The summed E-state index contributed by atoms with van der Waals surface area (Å²) in [5.41, 5.74) is -0.0374. The normalized spacial score (nSPS) is 10.5. The number of nitro benzene ring substituents is 1. The fourth-order valence-electron chi connectivity index (χ4n) is 2.67. The first kappa shape index (κ1) is 23.6. The van der Waals surface area contributed by atoms with Crippen molar-refractivity contribution in [2.75, 3.05) is 6.61 Å². The van der Waals surface area contributed by atoms with Gasteiger partial charge in [0.15, 0.2) is 0 Å². The van der Waals surface area contributed by atoms with E-state index in [9.17, 15) is 19.7 Å². The molecule has 1 aromatic rings. The molecule has 7 heteroatoms. The van der Waals surface area contributed by atoms with E-state index in [-0.39, 0.29) is 17.6 Å². The zero-order valence-electron chi connectivity index (χ0n) is 16.7. The largest absolute Gasteiger partial charge is 0.466 e. The van der Waals surface area contributed by atoms with Crippen molar-refractivity contribution < 1.29 is 24.0 Å². The van der Waals surface area contributed by atoms with Crippen LogP contribution < -0.4 is 4.74 Å². The van der Waals surface area contributed by atoms with E-state index in [1.165, 1.54) is 24.3 Å². The first-order chi connectivity index (χ1) is 13.5. The van der Waals surface area contributed by atoms with E-state index in [4.69, 9.17) is 9.47 Å². The summed E-state index contributed by atoms with van der Waals surface area (Å²) in [5, 5.41) is 10.6. The van der Waals surface area contributed by atoms with E-state index in [1.807, 2.05) is 0 Å². The van der Waals surface area contributed by atoms with Crippen LogP contribution in [0, 0.1) is 10.1 Å². The SMILES string of the molecule is CCCCCOC(=O)CCCCCCCCC(=O)Oc1ccc([N+](=O)[O-])cc1. The Kier molecular flexibility index (Phi) is 12.3. The summed E-state index contributed by atoms with van der Waals surface area (Å²) in [6, 6.07) is 5.46. The van der Waals surface area contributed by atoms with Gasteiger partial charge in [-0.2, -0.15) is 0 Å². The minimum absolute atomic E-state index is 0.0374. The Balaban J connectivity index is 1.98. The smallest absolute Gasteiger partial charge is 0.311 e. The highest BCUT2D eigenvalue weighted by Gasteiger charge is 2.08. The molecule has 156 valence electrons. The molecule has 0 aromatic heterocycles. The van der Waals surface area contributed by atoms with Crippen LogP contribution in [0.15, 0.2) is 24.3 Å². The Morgan fingerprint density at radius 2 is 1.43 bits per heavy atom. The van der Waals surface area contributed by atoms with Gasteiger partial charge < -0.3 is 9.47 Å². The number of carbonyl (C=O) groups is 2. The number of hydrogen-bond donors (Lipinski definition) is 0. The van der Waals surface area contributed by atoms with Gasteiger partial charge in [0.05, 0.1) is 11.5 Å². The van der Waals surface area contributed by atoms with Crippen molar-refractivity contribution in [3.63, 3.8) is 0 Å². The number of carbonyl (C=O) groups excluding carboxylic acids is 2. The number of nitrogens with zero attached hydrogens (tertiary/aromatic N) is 1. The lowest BCUT2D eigenvalue weighted by Gasteiger charge is -2.05. The highest BCUT2D eigenvalue weighted by atomic mass is 16.6. The van der Waals surface area contributed by atoms with Gasteiger partial charge in [0.25, 0.3) is 5.69 Å². The van der Waals surface area contributed by atoms with Gasteiger partial charge in [-0.05, 0) is 31.4 Å². The van der Waals surface area contributed by atoms with Gasteiger partial charge in [-0.3, -0.25) is 19.7 Å². The van der Waals surface area contributed by atoms with Crippen molar-refractivity contribution in [1.82, 2.24) is 0 Å². The maximum absolute atomic E-state index is 11.8. The van der Waals surface area contributed by atoms with Crippen LogP contribution in [0.3, 0.4) is 0 Å². The third-order valence-electron chi connectivity index (χ3n) is 4.30. The molecule has 0 aliphatic rings. The Morgan fingerprint density at radius 3 is 2.00 bits per heavy atom. The van der Waals surface area contributed by atoms with Gasteiger partial charge in [0.2, 0.25) is 0 Å². The number of benzene rings is 1. The molecule has 0 bridgehead atoms. The summed E-state index contributed by atoms with van der Waals surface area (Å²) < 4.78 is 10.3. The summed E-state index contributed by atoms with van der Waals surface area (Å²) in [6.45, 7) is 2.65. The average Bonchev–Trinajstić information content (AvgIpc) is 2.67. The number of esters is 2. The number of unbranched alkanes of at least 4 members (excludes halogenated alkanes) is 7. The van der Waals surface area contributed by atoms with E-state index >= 15 is 0 Å². The van der Waals surface area contributed by atoms with Crippen LogP contribution in [0.25, 0.3) is 0 Å². The standard InChI is InChI=1S/C21H31NO6/c1-2-3-10-17-27-20(23)11-8-6-4-5-7-9-12-21(24)28-19-15-13-18(14-16-19)22(25)26/h13-16H,2-12,17H2,1H3. The maximum Gasteiger partial charge on any atom is 0.311 e. The zero-order valence-corrected chi connectivity index (χ0v) is 16.7. The van der Waals surface area contributed by atoms with Crippen LogP contribution in [0.1, 0.15) is 77.6 Å². The molecule has 1 aromatic carbocycles. The van der Waals surface area contributed by atoms with Gasteiger partial charge in [-0.15, -0.1) is 0 Å². The van der Waals surface area contributed by atoms with Gasteiger partial charge in [-0.25, -0.2) is 0 Å². The summed E-state index contributed by atoms with van der Waals surface area (Å²) in [6.07, 6.45) is 9.48. The van der Waals surface area contributed by atoms with E-state index in [1.54, 1.807) is 0 Å². The molecule has 28 heavy (non-hydrogen) atoms. The molecule has 0 aliphatic heterocycles. The van der Waals surface area contributed by atoms with Gasteiger partial charge in [0, 0.05) is 25.0 Å². The lowest BCUT2D eigenvalue weighted by Crippen LogP contribution is -2.07. The second-order valence-corrected chi connectivity index (χ2v) is 6.77. The van der Waals surface area contributed by atoms with Gasteiger partial charge in [-0.1, -0.05) is 45.4 Å². The number of nitro groups is 1. The summed E-state index contributed by atoms with van der Waals surface area (Å²) in [7, 11) is 0. The van der Waals surface area contributed by atoms with Crippen molar-refractivity contribution in [1.29, 1.82) is 0 Å².